The van der Waals surface area contributed by atoms with Crippen LogP contribution in [0.2, 0.25) is 0 Å². The fourth-order valence-electron chi connectivity index (χ4n) is 2.77. The van der Waals surface area contributed by atoms with E-state index >= 15 is 0 Å². The van der Waals surface area contributed by atoms with Gasteiger partial charge in [0.05, 0.1) is 5.75 Å². The van der Waals surface area contributed by atoms with Gasteiger partial charge in [-0.1, -0.05) is 37.1 Å². The molecule has 0 aromatic heterocycles. The van der Waals surface area contributed by atoms with Gasteiger partial charge >= 0.3 is 0 Å². The summed E-state index contributed by atoms with van der Waals surface area (Å²) >= 11 is 0. The SMILES string of the molecule is CC(C)NS(=O)(=O)Cc1ccc(CNC2CCCC2)cc1. The summed E-state index contributed by atoms with van der Waals surface area (Å²) in [6.07, 6.45) is 5.21. The first-order valence-electron chi connectivity index (χ1n) is 7.76. The molecule has 1 aromatic rings. The van der Waals surface area contributed by atoms with Crippen molar-refractivity contribution in [2.24, 2.45) is 0 Å². The fraction of sp³-hybridized carbons (Fsp3) is 0.625. The molecule has 2 rings (SSSR count). The first kappa shape index (κ1) is 16.5. The Bertz CT molecular complexity index is 532. The maximum atomic E-state index is 11.9. The van der Waals surface area contributed by atoms with Crippen LogP contribution < -0.4 is 10.0 Å². The highest BCUT2D eigenvalue weighted by Crippen LogP contribution is 2.18. The highest BCUT2D eigenvalue weighted by molar-refractivity contribution is 7.88. The zero-order valence-corrected chi connectivity index (χ0v) is 13.7. The molecule has 0 amide bonds. The molecular formula is C16H26N2O2S. The Morgan fingerprint density at radius 3 is 2.24 bits per heavy atom. The van der Waals surface area contributed by atoms with Crippen molar-refractivity contribution in [3.05, 3.63) is 35.4 Å². The first-order chi connectivity index (χ1) is 9.94. The molecule has 1 fully saturated rings. The van der Waals surface area contributed by atoms with E-state index in [1.807, 2.05) is 38.1 Å². The molecular weight excluding hydrogens is 284 g/mol. The minimum atomic E-state index is -3.24. The van der Waals surface area contributed by atoms with Crippen LogP contribution in [0.4, 0.5) is 0 Å². The van der Waals surface area contributed by atoms with Gasteiger partial charge in [-0.3, -0.25) is 0 Å². The Hall–Kier alpha value is -0.910. The monoisotopic (exact) mass is 310 g/mol. The van der Waals surface area contributed by atoms with E-state index in [0.717, 1.165) is 12.1 Å². The molecule has 0 unspecified atom stereocenters. The molecule has 0 bridgehead atoms. The van der Waals surface area contributed by atoms with Crippen molar-refractivity contribution >= 4 is 10.0 Å². The van der Waals surface area contributed by atoms with E-state index in [1.165, 1.54) is 31.2 Å². The zero-order chi connectivity index (χ0) is 15.3. The lowest BCUT2D eigenvalue weighted by Crippen LogP contribution is -2.31. The van der Waals surface area contributed by atoms with Crippen LogP contribution in [0.15, 0.2) is 24.3 Å². The van der Waals surface area contributed by atoms with Crippen LogP contribution in [0, 0.1) is 0 Å². The van der Waals surface area contributed by atoms with Crippen LogP contribution in [-0.2, 0) is 22.3 Å². The molecule has 1 aromatic carbocycles. The number of hydrogen-bond donors (Lipinski definition) is 2. The molecule has 0 heterocycles. The van der Waals surface area contributed by atoms with Gasteiger partial charge in [0.15, 0.2) is 0 Å². The Labute approximate surface area is 128 Å². The second-order valence-corrected chi connectivity index (χ2v) is 7.96. The first-order valence-corrected chi connectivity index (χ1v) is 9.41. The van der Waals surface area contributed by atoms with Crippen molar-refractivity contribution in [1.29, 1.82) is 0 Å². The summed E-state index contributed by atoms with van der Waals surface area (Å²) in [5, 5.41) is 3.56. The van der Waals surface area contributed by atoms with E-state index in [1.54, 1.807) is 0 Å². The molecule has 1 saturated carbocycles. The van der Waals surface area contributed by atoms with Gasteiger partial charge in [-0.2, -0.15) is 0 Å². The molecule has 0 atom stereocenters. The maximum Gasteiger partial charge on any atom is 0.216 e. The van der Waals surface area contributed by atoms with Crippen LogP contribution in [0.25, 0.3) is 0 Å². The van der Waals surface area contributed by atoms with Crippen LogP contribution in [0.3, 0.4) is 0 Å². The number of sulfonamides is 1. The summed E-state index contributed by atoms with van der Waals surface area (Å²) in [5.41, 5.74) is 2.03. The van der Waals surface area contributed by atoms with Crippen molar-refractivity contribution in [3.63, 3.8) is 0 Å². The van der Waals surface area contributed by atoms with E-state index < -0.39 is 10.0 Å². The highest BCUT2D eigenvalue weighted by atomic mass is 32.2. The zero-order valence-electron chi connectivity index (χ0n) is 12.9. The number of rotatable bonds is 7. The predicted molar refractivity (Wildman–Crippen MR) is 86.4 cm³/mol. The summed E-state index contributed by atoms with van der Waals surface area (Å²) in [6.45, 7) is 4.52. The smallest absolute Gasteiger partial charge is 0.216 e. The largest absolute Gasteiger partial charge is 0.310 e. The quantitative estimate of drug-likeness (QED) is 0.814. The maximum absolute atomic E-state index is 11.9. The summed E-state index contributed by atoms with van der Waals surface area (Å²) in [4.78, 5) is 0. The molecule has 2 N–H and O–H groups in total. The average Bonchev–Trinajstić information content (AvgIpc) is 2.89. The lowest BCUT2D eigenvalue weighted by molar-refractivity contribution is 0.524. The van der Waals surface area contributed by atoms with Crippen molar-refractivity contribution in [1.82, 2.24) is 10.0 Å². The minimum absolute atomic E-state index is 0.0432. The third kappa shape index (κ3) is 5.77. The van der Waals surface area contributed by atoms with E-state index in [4.69, 9.17) is 0 Å². The van der Waals surface area contributed by atoms with Crippen molar-refractivity contribution in [3.8, 4) is 0 Å². The van der Waals surface area contributed by atoms with Crippen LogP contribution in [-0.4, -0.2) is 20.5 Å². The van der Waals surface area contributed by atoms with Gasteiger partial charge in [-0.05, 0) is 37.8 Å². The summed E-state index contributed by atoms with van der Waals surface area (Å²) in [5.74, 6) is 0.0432. The lowest BCUT2D eigenvalue weighted by atomic mass is 10.1. The predicted octanol–water partition coefficient (Wildman–Crippen LogP) is 2.55. The van der Waals surface area contributed by atoms with E-state index in [2.05, 4.69) is 10.0 Å². The van der Waals surface area contributed by atoms with Gasteiger partial charge < -0.3 is 5.32 Å². The Morgan fingerprint density at radius 2 is 1.67 bits per heavy atom. The summed E-state index contributed by atoms with van der Waals surface area (Å²) < 4.78 is 26.3. The third-order valence-electron chi connectivity index (χ3n) is 3.74. The van der Waals surface area contributed by atoms with Gasteiger partial charge in [0, 0.05) is 18.6 Å². The van der Waals surface area contributed by atoms with E-state index in [-0.39, 0.29) is 11.8 Å². The van der Waals surface area contributed by atoms with Gasteiger partial charge in [0.1, 0.15) is 0 Å². The average molecular weight is 310 g/mol. The van der Waals surface area contributed by atoms with E-state index in [0.29, 0.717) is 6.04 Å². The molecule has 118 valence electrons. The molecule has 0 spiro atoms. The lowest BCUT2D eigenvalue weighted by Gasteiger charge is -2.12. The normalized spacial score (nSPS) is 16.7. The van der Waals surface area contributed by atoms with E-state index in [9.17, 15) is 8.42 Å². The van der Waals surface area contributed by atoms with Crippen molar-refractivity contribution in [2.75, 3.05) is 0 Å². The van der Waals surface area contributed by atoms with Crippen LogP contribution >= 0.6 is 0 Å². The van der Waals surface area contributed by atoms with Gasteiger partial charge in [-0.15, -0.1) is 0 Å². The van der Waals surface area contributed by atoms with Crippen LogP contribution in [0.1, 0.15) is 50.7 Å². The second-order valence-electron chi connectivity index (χ2n) is 6.21. The number of nitrogens with one attached hydrogen (secondary N) is 2. The summed E-state index contributed by atoms with van der Waals surface area (Å²) in [6, 6.07) is 8.44. The molecule has 0 radical (unpaired) electrons. The Kier molecular flexibility index (Phi) is 5.79. The highest BCUT2D eigenvalue weighted by Gasteiger charge is 2.14. The molecule has 0 saturated heterocycles. The van der Waals surface area contributed by atoms with Gasteiger partial charge in [0.2, 0.25) is 10.0 Å². The molecule has 4 nitrogen and oxygen atoms in total. The molecule has 1 aliphatic rings. The minimum Gasteiger partial charge on any atom is -0.310 e. The second kappa shape index (κ2) is 7.38. The van der Waals surface area contributed by atoms with Crippen molar-refractivity contribution < 1.29 is 8.42 Å². The molecule has 5 heteroatoms. The number of benzene rings is 1. The Balaban J connectivity index is 1.86. The topological polar surface area (TPSA) is 58.2 Å². The standard InChI is InChI=1S/C16H26N2O2S/c1-13(2)18-21(19,20)12-15-9-7-14(8-10-15)11-17-16-5-3-4-6-16/h7-10,13,16-18H,3-6,11-12H2,1-2H3. The van der Waals surface area contributed by atoms with Gasteiger partial charge in [-0.25, -0.2) is 13.1 Å². The molecule has 0 aliphatic heterocycles. The van der Waals surface area contributed by atoms with Crippen LogP contribution in [0.5, 0.6) is 0 Å². The Morgan fingerprint density at radius 1 is 1.10 bits per heavy atom. The van der Waals surface area contributed by atoms with Crippen molar-refractivity contribution in [2.45, 2.75) is 63.9 Å². The molecule has 1 aliphatic carbocycles. The third-order valence-corrected chi connectivity index (χ3v) is 5.29. The molecule has 21 heavy (non-hydrogen) atoms. The van der Waals surface area contributed by atoms with Gasteiger partial charge in [0.25, 0.3) is 0 Å². The summed E-state index contributed by atoms with van der Waals surface area (Å²) in [7, 11) is -3.24. The number of hydrogen-bond acceptors (Lipinski definition) is 3. The fourth-order valence-corrected chi connectivity index (χ4v) is 4.20.